The minimum absolute atomic E-state index is 0.285. The summed E-state index contributed by atoms with van der Waals surface area (Å²) in [5.74, 6) is 0.867. The van der Waals surface area contributed by atoms with E-state index in [1.807, 2.05) is 36.4 Å². The Kier molecular flexibility index (Phi) is 4.86. The molecule has 0 saturated carbocycles. The van der Waals surface area contributed by atoms with Crippen molar-refractivity contribution in [2.24, 2.45) is 0 Å². The first-order chi connectivity index (χ1) is 13.3. The molecule has 134 valence electrons. The molecule has 0 atom stereocenters. The Hall–Kier alpha value is -3.17. The highest BCUT2D eigenvalue weighted by Gasteiger charge is 2.18. The van der Waals surface area contributed by atoms with Crippen molar-refractivity contribution in [2.45, 2.75) is 19.8 Å². The van der Waals surface area contributed by atoms with Crippen LogP contribution in [-0.4, -0.2) is 21.0 Å². The largest absolute Gasteiger partial charge is 0.494 e. The Bertz CT molecular complexity index is 1090. The molecule has 0 amide bonds. The Balaban J connectivity index is 1.80. The number of nitrogens with zero attached hydrogens (tertiary/aromatic N) is 4. The number of thiazole rings is 1. The molecule has 0 spiro atoms. The second-order valence-corrected chi connectivity index (χ2v) is 6.93. The maximum absolute atomic E-state index is 9.37. The van der Waals surface area contributed by atoms with Crippen LogP contribution in [0, 0.1) is 11.3 Å². The van der Waals surface area contributed by atoms with Crippen LogP contribution in [-0.2, 0) is 6.42 Å². The van der Waals surface area contributed by atoms with E-state index in [2.05, 4.69) is 27.8 Å². The lowest BCUT2D eigenvalue weighted by Crippen LogP contribution is -1.96. The number of nitriles is 1. The van der Waals surface area contributed by atoms with Crippen LogP contribution in [0.15, 0.2) is 54.2 Å². The predicted octanol–water partition coefficient (Wildman–Crippen LogP) is 4.98. The lowest BCUT2D eigenvalue weighted by molar-refractivity contribution is 0.317. The van der Waals surface area contributed by atoms with Gasteiger partial charge in [0.2, 0.25) is 0 Å². The summed E-state index contributed by atoms with van der Waals surface area (Å²) in [6.45, 7) is 2.80. The van der Waals surface area contributed by atoms with Gasteiger partial charge in [0.15, 0.2) is 4.96 Å². The first-order valence-corrected chi connectivity index (χ1v) is 9.69. The summed E-state index contributed by atoms with van der Waals surface area (Å²) < 4.78 is 7.75. The highest BCUT2D eigenvalue weighted by Crippen LogP contribution is 2.33. The van der Waals surface area contributed by atoms with Gasteiger partial charge in [-0.1, -0.05) is 6.92 Å². The number of benzene rings is 1. The molecular formula is C21H18N4OS. The number of fused-ring (bicyclic) bond motifs is 1. The quantitative estimate of drug-likeness (QED) is 0.477. The summed E-state index contributed by atoms with van der Waals surface area (Å²) in [5.41, 5.74) is 4.74. The van der Waals surface area contributed by atoms with Gasteiger partial charge in [-0.15, -0.1) is 11.3 Å². The third-order valence-corrected chi connectivity index (χ3v) is 5.09. The summed E-state index contributed by atoms with van der Waals surface area (Å²) in [6.07, 6.45) is 4.79. The van der Waals surface area contributed by atoms with Gasteiger partial charge in [0, 0.05) is 23.3 Å². The van der Waals surface area contributed by atoms with Crippen LogP contribution in [0.25, 0.3) is 27.5 Å². The number of ether oxygens (including phenoxy) is 1. The van der Waals surface area contributed by atoms with Gasteiger partial charge in [0.25, 0.3) is 0 Å². The molecule has 0 saturated heterocycles. The van der Waals surface area contributed by atoms with E-state index in [1.165, 1.54) is 0 Å². The molecule has 0 bridgehead atoms. The first kappa shape index (κ1) is 17.3. The Morgan fingerprint density at radius 3 is 2.74 bits per heavy atom. The molecule has 3 aromatic heterocycles. The zero-order chi connectivity index (χ0) is 18.6. The molecule has 5 nitrogen and oxygen atoms in total. The van der Waals surface area contributed by atoms with Crippen LogP contribution >= 0.6 is 11.3 Å². The van der Waals surface area contributed by atoms with Gasteiger partial charge >= 0.3 is 0 Å². The van der Waals surface area contributed by atoms with Crippen LogP contribution in [0.5, 0.6) is 5.75 Å². The molecule has 0 N–H and O–H groups in total. The summed E-state index contributed by atoms with van der Waals surface area (Å²) in [5, 5.41) is 11.4. The van der Waals surface area contributed by atoms with Crippen LogP contribution in [0.4, 0.5) is 0 Å². The van der Waals surface area contributed by atoms with E-state index in [4.69, 9.17) is 9.72 Å². The summed E-state index contributed by atoms with van der Waals surface area (Å²) in [4.78, 5) is 9.84. The monoisotopic (exact) mass is 374 g/mol. The Morgan fingerprint density at radius 2 is 2.04 bits per heavy atom. The molecule has 6 heteroatoms. The fourth-order valence-electron chi connectivity index (χ4n) is 3.03. The van der Waals surface area contributed by atoms with E-state index < -0.39 is 0 Å². The highest BCUT2D eigenvalue weighted by atomic mass is 32.1. The number of hydrogen-bond acceptors (Lipinski definition) is 5. The lowest BCUT2D eigenvalue weighted by Gasteiger charge is -2.07. The van der Waals surface area contributed by atoms with Crippen molar-refractivity contribution in [3.63, 3.8) is 0 Å². The molecule has 0 fully saturated rings. The second kappa shape index (κ2) is 7.60. The summed E-state index contributed by atoms with van der Waals surface area (Å²) in [7, 11) is 0. The van der Waals surface area contributed by atoms with Crippen molar-refractivity contribution in [2.75, 3.05) is 6.61 Å². The second-order valence-electron chi connectivity index (χ2n) is 6.10. The maximum Gasteiger partial charge on any atom is 0.194 e. The number of rotatable bonds is 6. The summed E-state index contributed by atoms with van der Waals surface area (Å²) >= 11 is 1.57. The van der Waals surface area contributed by atoms with E-state index in [0.717, 1.165) is 45.3 Å². The van der Waals surface area contributed by atoms with Crippen molar-refractivity contribution >= 4 is 16.3 Å². The van der Waals surface area contributed by atoms with Crippen molar-refractivity contribution in [1.82, 2.24) is 14.4 Å². The number of hydrogen-bond donors (Lipinski definition) is 0. The zero-order valence-electron chi connectivity index (χ0n) is 14.9. The predicted molar refractivity (Wildman–Crippen MR) is 107 cm³/mol. The van der Waals surface area contributed by atoms with Gasteiger partial charge in [-0.2, -0.15) is 5.26 Å². The Morgan fingerprint density at radius 1 is 1.19 bits per heavy atom. The fraction of sp³-hybridized carbons (Fsp3) is 0.190. The average molecular weight is 374 g/mol. The van der Waals surface area contributed by atoms with E-state index in [0.29, 0.717) is 6.61 Å². The molecule has 4 rings (SSSR count). The fourth-order valence-corrected chi connectivity index (χ4v) is 3.95. The standard InChI is InChI=1S/C21H18N4OS/c1-2-12-26-17-7-5-15(6-8-17)19-14-27-21-24-20(16-4-3-11-23-13-16)18(9-10-22)25(19)21/h3-8,11,13-14H,2,9,12H2,1H3. The van der Waals surface area contributed by atoms with Crippen molar-refractivity contribution in [3.05, 3.63) is 59.9 Å². The van der Waals surface area contributed by atoms with E-state index in [-0.39, 0.29) is 6.42 Å². The molecule has 3 heterocycles. The van der Waals surface area contributed by atoms with E-state index >= 15 is 0 Å². The van der Waals surface area contributed by atoms with Gasteiger partial charge in [0.05, 0.1) is 36.2 Å². The minimum Gasteiger partial charge on any atom is -0.494 e. The minimum atomic E-state index is 0.285. The molecule has 0 radical (unpaired) electrons. The van der Waals surface area contributed by atoms with Crippen LogP contribution in [0.3, 0.4) is 0 Å². The van der Waals surface area contributed by atoms with Crippen LogP contribution in [0.1, 0.15) is 19.0 Å². The molecular weight excluding hydrogens is 356 g/mol. The molecule has 0 aliphatic carbocycles. The van der Waals surface area contributed by atoms with E-state index in [9.17, 15) is 5.26 Å². The van der Waals surface area contributed by atoms with Gasteiger partial charge in [-0.3, -0.25) is 9.38 Å². The third kappa shape index (κ3) is 3.29. The molecule has 0 aliphatic heterocycles. The molecule has 27 heavy (non-hydrogen) atoms. The van der Waals surface area contributed by atoms with Gasteiger partial charge in [-0.25, -0.2) is 4.98 Å². The lowest BCUT2D eigenvalue weighted by atomic mass is 10.1. The van der Waals surface area contributed by atoms with Crippen LogP contribution in [0.2, 0.25) is 0 Å². The molecule has 1 aromatic carbocycles. The maximum atomic E-state index is 9.37. The number of aromatic nitrogens is 3. The third-order valence-electron chi connectivity index (χ3n) is 4.26. The summed E-state index contributed by atoms with van der Waals surface area (Å²) in [6, 6.07) is 14.2. The van der Waals surface area contributed by atoms with Crippen LogP contribution < -0.4 is 4.74 Å². The normalized spacial score (nSPS) is 10.8. The molecule has 0 unspecified atom stereocenters. The molecule has 4 aromatic rings. The Labute approximate surface area is 161 Å². The van der Waals surface area contributed by atoms with Crippen molar-refractivity contribution < 1.29 is 4.74 Å². The highest BCUT2D eigenvalue weighted by molar-refractivity contribution is 7.15. The van der Waals surface area contributed by atoms with Crippen molar-refractivity contribution in [3.8, 4) is 34.3 Å². The first-order valence-electron chi connectivity index (χ1n) is 8.81. The number of imidazole rings is 1. The zero-order valence-corrected chi connectivity index (χ0v) is 15.7. The number of pyridine rings is 1. The van der Waals surface area contributed by atoms with Gasteiger partial charge in [0.1, 0.15) is 5.75 Å². The topological polar surface area (TPSA) is 63.2 Å². The van der Waals surface area contributed by atoms with E-state index in [1.54, 1.807) is 23.7 Å². The van der Waals surface area contributed by atoms with Gasteiger partial charge < -0.3 is 4.74 Å². The average Bonchev–Trinajstić information content (AvgIpc) is 3.28. The smallest absolute Gasteiger partial charge is 0.194 e. The van der Waals surface area contributed by atoms with Gasteiger partial charge in [-0.05, 0) is 48.4 Å². The SMILES string of the molecule is CCCOc1ccc(-c2csc3nc(-c4cccnc4)c(CC#N)n23)cc1. The molecule has 0 aliphatic rings. The van der Waals surface area contributed by atoms with Crippen molar-refractivity contribution in [1.29, 1.82) is 5.26 Å².